The normalized spacial score (nSPS) is 35.6. The molecule has 8 fully saturated rings. The molecule has 0 amide bonds. The van der Waals surface area contributed by atoms with Crippen molar-refractivity contribution in [3.63, 3.8) is 0 Å². The molecule has 0 nitrogen and oxygen atoms in total. The van der Waals surface area contributed by atoms with Crippen LogP contribution in [0.5, 0.6) is 0 Å². The topological polar surface area (TPSA) is 0 Å². The highest BCUT2D eigenvalue weighted by Crippen LogP contribution is 2.51. The third-order valence-electron chi connectivity index (χ3n) is 27.9. The smallest absolute Gasteiger partial charge is 0.0199 e. The van der Waals surface area contributed by atoms with Gasteiger partial charge in [-0.15, -0.1) is 0 Å². The van der Waals surface area contributed by atoms with Crippen molar-refractivity contribution in [3.05, 3.63) is 97.2 Å². The first kappa shape index (κ1) is 98.9. The Bertz CT molecular complexity index is 2240. The van der Waals surface area contributed by atoms with Gasteiger partial charge in [0.1, 0.15) is 0 Å². The predicted octanol–water partition coefficient (Wildman–Crippen LogP) is 34.4. The third kappa shape index (κ3) is 31.6. The molecule has 0 aromatic carbocycles. The number of hydrogen-bond donors (Lipinski definition) is 0. The van der Waals surface area contributed by atoms with Crippen LogP contribution in [0.3, 0.4) is 0 Å². The molecule has 0 heteroatoms. The van der Waals surface area contributed by atoms with Crippen molar-refractivity contribution in [3.8, 4) is 0 Å². The van der Waals surface area contributed by atoms with E-state index in [9.17, 15) is 0 Å². The van der Waals surface area contributed by atoms with Crippen LogP contribution in [-0.4, -0.2) is 0 Å². The lowest BCUT2D eigenvalue weighted by molar-refractivity contribution is 0.394. The summed E-state index contributed by atoms with van der Waals surface area (Å²) in [5.41, 5.74) is 0. The average molecular weight is 1400 g/mol. The molecule has 592 valence electrons. The molecule has 0 aliphatic heterocycles. The standard InChI is InChI=1S/C15H26.C14H24.C13H22.C12H20.C11H18.C10H16.C9H14.C8H12.9CH4/c1-2-3-4-5-6-7-8-14-11-13-9-10-15(14)12-13;1-2-3-4-5-6-7-13-10-12-8-9-14(13)11-12;1-2-3-4-5-6-12-9-11-7-8-13(12)10-11;1-2-3-4-5-11-8-10-6-7-12(11)9-10;1-2-3-4-10-7-9-5-6-11(10)8-9;1-2-3-9-6-8-4-5-10(9)7-8;1-2-8-5-7-3-4-9(8)6-7;1-6-4-7-2-3-8(6)5-7;;;;;;;;;/h9-10,13-15H,2-8,11-12H2,1H3;8-9,12-14H,2-7,10-11H2,1H3;7-8,11-13H,2-6,9-10H2,1H3;6-7,10-12H,2-5,8-9H2,1H3;5-6,9-11H,2-4,7-8H2,1H3;4-5,8-10H,2-3,6-7H2,1H3;3-4,7-9H,2,5-6H2,1H3;2-3,6-8H,4-5H2,1H3;9*1H4. The Kier molecular flexibility index (Phi) is 53.4. The number of unbranched alkanes of at least 4 members (excludes halogenated alkanes) is 15. The lowest BCUT2D eigenvalue weighted by atomic mass is 9.88. The van der Waals surface area contributed by atoms with Crippen molar-refractivity contribution < 1.29 is 0 Å². The molecule has 16 aliphatic rings. The Morgan fingerprint density at radius 2 is 0.376 bits per heavy atom. The molecule has 0 aromatic rings. The molecule has 16 bridgehead atoms. The Labute approximate surface area is 640 Å². The number of hydrogen-bond acceptors (Lipinski definition) is 0. The van der Waals surface area contributed by atoms with Gasteiger partial charge in [0.25, 0.3) is 0 Å². The third-order valence-corrected chi connectivity index (χ3v) is 27.9. The van der Waals surface area contributed by atoms with E-state index in [1.807, 2.05) is 0 Å². The van der Waals surface area contributed by atoms with Crippen molar-refractivity contribution in [1.29, 1.82) is 0 Å². The van der Waals surface area contributed by atoms with Gasteiger partial charge in [-0.25, -0.2) is 0 Å². The first-order valence-corrected chi connectivity index (χ1v) is 42.6. The summed E-state index contributed by atoms with van der Waals surface area (Å²) in [7, 11) is 0. The zero-order valence-corrected chi connectivity index (χ0v) is 62.2. The van der Waals surface area contributed by atoms with E-state index in [0.717, 1.165) is 142 Å². The lowest BCUT2D eigenvalue weighted by Crippen LogP contribution is -2.06. The molecular weight excluding hydrogens is 1210 g/mol. The van der Waals surface area contributed by atoms with Gasteiger partial charge >= 0.3 is 0 Å². The van der Waals surface area contributed by atoms with Crippen molar-refractivity contribution in [2.75, 3.05) is 0 Å². The van der Waals surface area contributed by atoms with Crippen molar-refractivity contribution in [1.82, 2.24) is 0 Å². The first-order valence-electron chi connectivity index (χ1n) is 42.6. The van der Waals surface area contributed by atoms with Crippen LogP contribution in [-0.2, 0) is 0 Å². The highest BCUT2D eigenvalue weighted by molar-refractivity contribution is 5.15. The van der Waals surface area contributed by atoms with Gasteiger partial charge < -0.3 is 0 Å². The number of allylic oxidation sites excluding steroid dienone is 16. The van der Waals surface area contributed by atoms with E-state index in [1.54, 1.807) is 0 Å². The van der Waals surface area contributed by atoms with Crippen molar-refractivity contribution >= 4 is 0 Å². The molecule has 0 radical (unpaired) electrons. The highest BCUT2D eigenvalue weighted by Gasteiger charge is 2.40. The van der Waals surface area contributed by atoms with Gasteiger partial charge in [-0.2, -0.15) is 0 Å². The second kappa shape index (κ2) is 54.5. The summed E-state index contributed by atoms with van der Waals surface area (Å²) in [6, 6.07) is 0. The SMILES string of the molecule is C.C.C.C.C.C.C.C.C.CC1CC2C=CC1C2.CCC1CC2C=CC1C2.CCCC1CC2C=CC1C2.CCCCC1CC2C=CC1C2.CCCCCC1CC2C=CC1C2.CCCCCCC1CC2C=CC1C2.CCCCCCCC1CC2C=CC1C2.CCCCCCCCC1CC2C=CC1C2. The summed E-state index contributed by atoms with van der Waals surface area (Å²) in [5.74, 6) is 24.0. The van der Waals surface area contributed by atoms with Gasteiger partial charge in [0.2, 0.25) is 0 Å². The van der Waals surface area contributed by atoms with Crippen molar-refractivity contribution in [2.24, 2.45) is 142 Å². The summed E-state index contributed by atoms with van der Waals surface area (Å²) in [6.45, 7) is 18.5. The maximum Gasteiger partial charge on any atom is -0.0199 e. The Balaban J connectivity index is 0.00000112. The van der Waals surface area contributed by atoms with Crippen molar-refractivity contribution in [2.45, 2.75) is 405 Å². The largest absolute Gasteiger partial charge is 0.0851 e. The van der Waals surface area contributed by atoms with E-state index in [4.69, 9.17) is 0 Å². The van der Waals surface area contributed by atoms with Gasteiger partial charge in [0, 0.05) is 0 Å². The van der Waals surface area contributed by atoms with Crippen LogP contribution in [0, 0.1) is 142 Å². The van der Waals surface area contributed by atoms with Gasteiger partial charge in [-0.3, -0.25) is 0 Å². The number of fused-ring (bicyclic) bond motifs is 16. The lowest BCUT2D eigenvalue weighted by Gasteiger charge is -2.17. The van der Waals surface area contributed by atoms with Crippen LogP contribution in [0.4, 0.5) is 0 Å². The first-order chi connectivity index (χ1) is 45.1. The Hall–Kier alpha value is -2.08. The summed E-state index contributed by atoms with van der Waals surface area (Å²) >= 11 is 0. The van der Waals surface area contributed by atoms with Crippen LogP contribution in [0.2, 0.25) is 0 Å². The summed E-state index contributed by atoms with van der Waals surface area (Å²) in [5, 5.41) is 0. The van der Waals surface area contributed by atoms with Crippen LogP contribution >= 0.6 is 0 Å². The highest BCUT2D eigenvalue weighted by atomic mass is 14.4. The molecular formula is C101H188. The fraction of sp³-hybridized carbons (Fsp3) is 0.842. The minimum Gasteiger partial charge on any atom is -0.0851 e. The molecule has 0 aromatic heterocycles. The molecule has 24 unspecified atom stereocenters. The van der Waals surface area contributed by atoms with E-state index >= 15 is 0 Å². The van der Waals surface area contributed by atoms with Crippen LogP contribution < -0.4 is 0 Å². The van der Waals surface area contributed by atoms with Crippen LogP contribution in [0.15, 0.2) is 97.2 Å². The van der Waals surface area contributed by atoms with Crippen LogP contribution in [0.1, 0.15) is 405 Å². The molecule has 101 heavy (non-hydrogen) atoms. The second-order valence-corrected chi connectivity index (χ2v) is 35.0. The zero-order valence-electron chi connectivity index (χ0n) is 62.2. The van der Waals surface area contributed by atoms with E-state index in [0.29, 0.717) is 0 Å². The average Bonchev–Trinajstić information content (AvgIpc) is 1.49. The molecule has 0 N–H and O–H groups in total. The van der Waals surface area contributed by atoms with Crippen LogP contribution in [0.25, 0.3) is 0 Å². The summed E-state index contributed by atoms with van der Waals surface area (Å²) < 4.78 is 0. The van der Waals surface area contributed by atoms with Gasteiger partial charge in [-0.05, 0) is 277 Å². The Morgan fingerprint density at radius 3 is 0.564 bits per heavy atom. The Morgan fingerprint density at radius 1 is 0.178 bits per heavy atom. The van der Waals surface area contributed by atoms with E-state index in [1.165, 1.54) is 283 Å². The summed E-state index contributed by atoms with van der Waals surface area (Å²) in [6.07, 6.45) is 104. The minimum atomic E-state index is 0. The monoisotopic (exact) mass is 1400 g/mol. The molecule has 0 spiro atoms. The van der Waals surface area contributed by atoms with E-state index < -0.39 is 0 Å². The van der Waals surface area contributed by atoms with E-state index in [-0.39, 0.29) is 66.8 Å². The summed E-state index contributed by atoms with van der Waals surface area (Å²) in [4.78, 5) is 0. The molecule has 0 heterocycles. The molecule has 16 rings (SSSR count). The molecule has 16 aliphatic carbocycles. The quantitative estimate of drug-likeness (QED) is 0.0541. The maximum absolute atomic E-state index is 2.50. The fourth-order valence-corrected chi connectivity index (χ4v) is 22.3. The molecule has 8 saturated carbocycles. The van der Waals surface area contributed by atoms with Gasteiger partial charge in [0.05, 0.1) is 0 Å². The maximum atomic E-state index is 2.50. The molecule has 24 atom stereocenters. The number of rotatable bonds is 28. The van der Waals surface area contributed by atoms with E-state index in [2.05, 4.69) is 153 Å². The predicted molar refractivity (Wildman–Crippen MR) is 466 cm³/mol. The minimum absolute atomic E-state index is 0. The fourth-order valence-electron chi connectivity index (χ4n) is 22.3. The second-order valence-electron chi connectivity index (χ2n) is 35.0. The van der Waals surface area contributed by atoms with Gasteiger partial charge in [0.15, 0.2) is 0 Å². The van der Waals surface area contributed by atoms with Gasteiger partial charge in [-0.1, -0.05) is 367 Å². The molecule has 0 saturated heterocycles. The zero-order chi connectivity index (χ0) is 64.3.